The molecule has 24 heavy (non-hydrogen) atoms. The Morgan fingerprint density at radius 2 is 1.38 bits per heavy atom. The first kappa shape index (κ1) is 21.6. The normalized spacial score (nSPS) is 12.0. The first-order valence-electron chi connectivity index (χ1n) is 10.1. The molecular formula is C22H38OSn. The van der Waals surface area contributed by atoms with Crippen LogP contribution >= 0.6 is 0 Å². The molecule has 0 aliphatic rings. The quantitative estimate of drug-likeness (QED) is 0.218. The molecule has 0 aliphatic carbocycles. The van der Waals surface area contributed by atoms with Gasteiger partial charge >= 0.3 is 155 Å². The van der Waals surface area contributed by atoms with Gasteiger partial charge in [-0.25, -0.2) is 0 Å². The molecule has 0 fully saturated rings. The minimum absolute atomic E-state index is 0.803. The number of rotatable bonds is 14. The van der Waals surface area contributed by atoms with E-state index in [1.807, 2.05) is 30.3 Å². The topological polar surface area (TPSA) is 9.23 Å². The van der Waals surface area contributed by atoms with E-state index in [0.717, 1.165) is 18.8 Å². The van der Waals surface area contributed by atoms with Crippen LogP contribution in [0.2, 0.25) is 13.3 Å². The zero-order valence-corrected chi connectivity index (χ0v) is 19.1. The van der Waals surface area contributed by atoms with Crippen molar-refractivity contribution in [3.63, 3.8) is 0 Å². The summed E-state index contributed by atoms with van der Waals surface area (Å²) >= 11 is -2.07. The summed E-state index contributed by atoms with van der Waals surface area (Å²) in [5.74, 6) is 0.989. The Balaban J connectivity index is 2.55. The van der Waals surface area contributed by atoms with Crippen LogP contribution in [0.15, 0.2) is 40.5 Å². The van der Waals surface area contributed by atoms with Gasteiger partial charge in [0.05, 0.1) is 0 Å². The van der Waals surface area contributed by atoms with E-state index in [1.54, 1.807) is 13.3 Å². The maximum atomic E-state index is 5.84. The van der Waals surface area contributed by atoms with E-state index >= 15 is 0 Å². The summed E-state index contributed by atoms with van der Waals surface area (Å²) in [6.07, 6.45) is 11.9. The number of ether oxygens (including phenoxy) is 1. The molecule has 0 aromatic heterocycles. The van der Waals surface area contributed by atoms with Gasteiger partial charge in [0, 0.05) is 0 Å². The standard InChI is InChI=1S/C10H11O.3C4H9.Sn/c1-2-3-9-11-10-7-5-4-6-8-10;3*1-3-4-2;/h1-2,4-8H,3,9H2;3*1,3-4H2,2H3;. The predicted octanol–water partition coefficient (Wildman–Crippen LogP) is 7.40. The second-order valence-corrected chi connectivity index (χ2v) is 20.0. The van der Waals surface area contributed by atoms with Crippen LogP contribution in [0.5, 0.6) is 5.75 Å². The van der Waals surface area contributed by atoms with Gasteiger partial charge in [-0.3, -0.25) is 0 Å². The molecule has 0 radical (unpaired) electrons. The zero-order chi connectivity index (χ0) is 17.5. The van der Waals surface area contributed by atoms with Crippen molar-refractivity contribution in [2.45, 2.75) is 79.0 Å². The van der Waals surface area contributed by atoms with Crippen molar-refractivity contribution < 1.29 is 4.74 Å². The number of unbranched alkanes of at least 4 members (excludes halogenated alkanes) is 3. The third kappa shape index (κ3) is 9.15. The first-order chi connectivity index (χ1) is 11.8. The van der Waals surface area contributed by atoms with Crippen LogP contribution in [0, 0.1) is 0 Å². The third-order valence-electron chi connectivity index (χ3n) is 4.85. The molecule has 0 heterocycles. The molecule has 1 rings (SSSR count). The first-order valence-corrected chi connectivity index (χ1v) is 17.8. The van der Waals surface area contributed by atoms with Gasteiger partial charge in [-0.15, -0.1) is 0 Å². The van der Waals surface area contributed by atoms with Crippen molar-refractivity contribution in [2.75, 3.05) is 6.61 Å². The monoisotopic (exact) mass is 438 g/mol. The fraction of sp³-hybridized carbons (Fsp3) is 0.636. The predicted molar refractivity (Wildman–Crippen MR) is 111 cm³/mol. The summed E-state index contributed by atoms with van der Waals surface area (Å²) in [6.45, 7) is 7.83. The number of para-hydroxylation sites is 1. The average molecular weight is 437 g/mol. The van der Waals surface area contributed by atoms with Crippen LogP contribution < -0.4 is 4.74 Å². The van der Waals surface area contributed by atoms with Gasteiger partial charge in [-0.2, -0.15) is 0 Å². The molecule has 0 amide bonds. The molecule has 0 spiro atoms. The SMILES string of the molecule is CCC[CH2][Sn](/[CH]=C/CCOc1ccccc1)([CH2]CCC)[CH2]CCC. The fourth-order valence-corrected chi connectivity index (χ4v) is 17.8. The molecule has 0 unspecified atom stereocenters. The minimum atomic E-state index is -2.07. The van der Waals surface area contributed by atoms with Crippen molar-refractivity contribution in [1.29, 1.82) is 0 Å². The van der Waals surface area contributed by atoms with Crippen LogP contribution in [0.25, 0.3) is 0 Å². The van der Waals surface area contributed by atoms with Crippen LogP contribution in [0.1, 0.15) is 65.7 Å². The molecule has 2 heteroatoms. The van der Waals surface area contributed by atoms with Crippen molar-refractivity contribution in [3.8, 4) is 5.75 Å². The molecule has 0 saturated carbocycles. The van der Waals surface area contributed by atoms with Gasteiger partial charge in [0.2, 0.25) is 0 Å². The molecular weight excluding hydrogens is 399 g/mol. The molecule has 1 nitrogen and oxygen atoms in total. The van der Waals surface area contributed by atoms with E-state index in [9.17, 15) is 0 Å². The van der Waals surface area contributed by atoms with Gasteiger partial charge < -0.3 is 0 Å². The Morgan fingerprint density at radius 3 is 1.88 bits per heavy atom. The molecule has 0 saturated heterocycles. The van der Waals surface area contributed by atoms with Crippen LogP contribution in [0.3, 0.4) is 0 Å². The Bertz CT molecular complexity index is 405. The van der Waals surface area contributed by atoms with Crippen molar-refractivity contribution >= 4 is 18.4 Å². The summed E-state index contributed by atoms with van der Waals surface area (Å²) in [5, 5.41) is 0. The average Bonchev–Trinajstić information content (AvgIpc) is 2.63. The van der Waals surface area contributed by atoms with Crippen molar-refractivity contribution in [1.82, 2.24) is 0 Å². The van der Waals surface area contributed by atoms with E-state index in [0.29, 0.717) is 0 Å². The Labute approximate surface area is 154 Å². The van der Waals surface area contributed by atoms with Gasteiger partial charge in [0.25, 0.3) is 0 Å². The van der Waals surface area contributed by atoms with Gasteiger partial charge in [-0.05, 0) is 0 Å². The summed E-state index contributed by atoms with van der Waals surface area (Å²) in [4.78, 5) is 0. The van der Waals surface area contributed by atoms with E-state index in [-0.39, 0.29) is 0 Å². The molecule has 1 aromatic rings. The molecule has 1 aromatic carbocycles. The number of hydrogen-bond donors (Lipinski definition) is 0. The van der Waals surface area contributed by atoms with Gasteiger partial charge in [0.1, 0.15) is 0 Å². The summed E-state index contributed by atoms with van der Waals surface area (Å²) in [5.41, 5.74) is 0. The van der Waals surface area contributed by atoms with Crippen LogP contribution in [0.4, 0.5) is 0 Å². The van der Waals surface area contributed by atoms with Crippen LogP contribution in [-0.2, 0) is 0 Å². The number of hydrogen-bond acceptors (Lipinski definition) is 1. The Hall–Kier alpha value is -0.441. The van der Waals surface area contributed by atoms with E-state index in [2.05, 4.69) is 30.9 Å². The maximum absolute atomic E-state index is 5.84. The Kier molecular flexibility index (Phi) is 12.4. The summed E-state index contributed by atoms with van der Waals surface area (Å²) in [6, 6.07) is 10.2. The molecule has 0 bridgehead atoms. The number of benzene rings is 1. The molecule has 0 atom stereocenters. The summed E-state index contributed by atoms with van der Waals surface area (Å²) < 4.78 is 13.3. The van der Waals surface area contributed by atoms with E-state index in [1.165, 1.54) is 38.5 Å². The van der Waals surface area contributed by atoms with Crippen molar-refractivity contribution in [3.05, 3.63) is 40.5 Å². The Morgan fingerprint density at radius 1 is 0.833 bits per heavy atom. The molecule has 0 aliphatic heterocycles. The molecule has 0 N–H and O–H groups in total. The van der Waals surface area contributed by atoms with Gasteiger partial charge in [0.15, 0.2) is 0 Å². The fourth-order valence-electron chi connectivity index (χ4n) is 3.31. The third-order valence-corrected chi connectivity index (χ3v) is 19.1. The molecule has 136 valence electrons. The van der Waals surface area contributed by atoms with Crippen LogP contribution in [-0.4, -0.2) is 25.0 Å². The second-order valence-electron chi connectivity index (χ2n) is 7.03. The second kappa shape index (κ2) is 13.8. The zero-order valence-electron chi connectivity index (χ0n) is 16.2. The summed E-state index contributed by atoms with van der Waals surface area (Å²) in [7, 11) is 0. The van der Waals surface area contributed by atoms with E-state index < -0.39 is 18.4 Å². The van der Waals surface area contributed by atoms with Gasteiger partial charge in [-0.1, -0.05) is 0 Å². The van der Waals surface area contributed by atoms with Crippen molar-refractivity contribution in [2.24, 2.45) is 0 Å². The van der Waals surface area contributed by atoms with E-state index in [4.69, 9.17) is 4.74 Å².